The number of fused-ring (bicyclic) bond motifs is 1. The second kappa shape index (κ2) is 9.64. The summed E-state index contributed by atoms with van der Waals surface area (Å²) in [6.45, 7) is 2.78. The van der Waals surface area contributed by atoms with E-state index in [1.807, 2.05) is 36.4 Å². The molecule has 0 aliphatic heterocycles. The Balaban J connectivity index is 1.45. The van der Waals surface area contributed by atoms with Crippen LogP contribution in [0.25, 0.3) is 10.9 Å². The van der Waals surface area contributed by atoms with Crippen molar-refractivity contribution in [3.05, 3.63) is 95.1 Å². The Morgan fingerprint density at radius 2 is 1.58 bits per heavy atom. The Morgan fingerprint density at radius 1 is 0.968 bits per heavy atom. The van der Waals surface area contributed by atoms with Gasteiger partial charge in [-0.2, -0.15) is 4.68 Å². The van der Waals surface area contributed by atoms with Gasteiger partial charge in [0, 0.05) is 31.1 Å². The number of benzene rings is 3. The first-order valence-electron chi connectivity index (χ1n) is 9.95. The summed E-state index contributed by atoms with van der Waals surface area (Å²) in [5.41, 5.74) is 2.88. The van der Waals surface area contributed by atoms with Crippen LogP contribution in [0.3, 0.4) is 0 Å². The average molecular weight is 436 g/mol. The molecule has 0 amide bonds. The summed E-state index contributed by atoms with van der Waals surface area (Å²) in [6.07, 6.45) is -1.19. The molecule has 0 aliphatic rings. The summed E-state index contributed by atoms with van der Waals surface area (Å²) in [6, 6.07) is 25.8. The molecule has 158 valence electrons. The molecule has 4 aromatic rings. The van der Waals surface area contributed by atoms with Gasteiger partial charge in [-0.15, -0.1) is 5.10 Å². The maximum absolute atomic E-state index is 11.4. The average Bonchev–Trinajstić information content (AvgIpc) is 3.11. The molecule has 0 aliphatic carbocycles. The molecule has 7 heteroatoms. The molecule has 3 aromatic carbocycles. The number of carboxylic acid groups (broad SMARTS) is 1. The van der Waals surface area contributed by atoms with Crippen LogP contribution in [0, 0.1) is 0 Å². The van der Waals surface area contributed by atoms with Crippen molar-refractivity contribution in [2.45, 2.75) is 13.1 Å². The lowest BCUT2D eigenvalue weighted by molar-refractivity contribution is 0.193. The number of nitrogens with zero attached hydrogens (tertiary/aromatic N) is 3. The van der Waals surface area contributed by atoms with E-state index in [9.17, 15) is 9.90 Å². The first kappa shape index (κ1) is 20.9. The van der Waals surface area contributed by atoms with Gasteiger partial charge in [-0.05, 0) is 23.3 Å². The lowest BCUT2D eigenvalue weighted by Gasteiger charge is -2.23. The van der Waals surface area contributed by atoms with Crippen molar-refractivity contribution < 1.29 is 14.6 Å². The highest BCUT2D eigenvalue weighted by molar-refractivity contribution is 6.34. The third kappa shape index (κ3) is 5.23. The van der Waals surface area contributed by atoms with Crippen LogP contribution >= 0.6 is 11.6 Å². The zero-order chi connectivity index (χ0) is 21.6. The van der Waals surface area contributed by atoms with Crippen LogP contribution in [0.4, 0.5) is 4.79 Å². The standard InChI is InChI=1S/C24H22ClN3O3/c25-23-21-12-11-20(15-22(21)28(26-23)24(29)30)31-14-13-27(16-18-7-3-1-4-8-18)17-19-9-5-2-6-10-19/h1-12,15H,13-14,16-17H2,(H,29,30). The molecule has 31 heavy (non-hydrogen) atoms. The van der Waals surface area contributed by atoms with Crippen molar-refractivity contribution in [2.75, 3.05) is 13.2 Å². The van der Waals surface area contributed by atoms with Crippen LogP contribution in [0.15, 0.2) is 78.9 Å². The van der Waals surface area contributed by atoms with E-state index in [0.717, 1.165) is 17.8 Å². The SMILES string of the molecule is O=C(O)n1nc(Cl)c2ccc(OCCN(Cc3ccccc3)Cc3ccccc3)cc21. The van der Waals surface area contributed by atoms with Gasteiger partial charge < -0.3 is 9.84 Å². The molecule has 0 fully saturated rings. The molecule has 0 unspecified atom stereocenters. The molecule has 1 heterocycles. The minimum Gasteiger partial charge on any atom is -0.492 e. The predicted molar refractivity (Wildman–Crippen MR) is 121 cm³/mol. The van der Waals surface area contributed by atoms with Gasteiger partial charge in [0.25, 0.3) is 0 Å². The summed E-state index contributed by atoms with van der Waals surface area (Å²) >= 11 is 6.03. The van der Waals surface area contributed by atoms with Gasteiger partial charge in [0.1, 0.15) is 12.4 Å². The number of halogens is 1. The zero-order valence-corrected chi connectivity index (χ0v) is 17.6. The fraction of sp³-hybridized carbons (Fsp3) is 0.167. The van der Waals surface area contributed by atoms with E-state index in [0.29, 0.717) is 29.8 Å². The number of carbonyl (C=O) groups is 1. The largest absolute Gasteiger partial charge is 0.492 e. The zero-order valence-electron chi connectivity index (χ0n) is 16.8. The van der Waals surface area contributed by atoms with Gasteiger partial charge in [0.2, 0.25) is 0 Å². The van der Waals surface area contributed by atoms with Crippen molar-refractivity contribution in [2.24, 2.45) is 0 Å². The van der Waals surface area contributed by atoms with Gasteiger partial charge in [0.15, 0.2) is 5.15 Å². The highest BCUT2D eigenvalue weighted by atomic mass is 35.5. The maximum atomic E-state index is 11.4. The molecular weight excluding hydrogens is 414 g/mol. The number of rotatable bonds is 8. The fourth-order valence-electron chi connectivity index (χ4n) is 3.48. The Bertz CT molecular complexity index is 1120. The molecule has 0 saturated carbocycles. The van der Waals surface area contributed by atoms with Crippen LogP contribution in [-0.2, 0) is 13.1 Å². The van der Waals surface area contributed by atoms with E-state index in [1.54, 1.807) is 18.2 Å². The molecular formula is C24H22ClN3O3. The first-order chi connectivity index (χ1) is 15.1. The topological polar surface area (TPSA) is 67.6 Å². The third-order valence-electron chi connectivity index (χ3n) is 4.96. The summed E-state index contributed by atoms with van der Waals surface area (Å²) in [5.74, 6) is 0.575. The summed E-state index contributed by atoms with van der Waals surface area (Å²) in [5, 5.41) is 13.9. The van der Waals surface area contributed by atoms with E-state index < -0.39 is 6.09 Å². The Labute approximate surface area is 185 Å². The van der Waals surface area contributed by atoms with E-state index in [-0.39, 0.29) is 5.15 Å². The number of hydrogen-bond donors (Lipinski definition) is 1. The second-order valence-corrected chi connectivity index (χ2v) is 7.55. The van der Waals surface area contributed by atoms with Gasteiger partial charge in [-0.25, -0.2) is 4.79 Å². The number of aromatic nitrogens is 2. The molecule has 6 nitrogen and oxygen atoms in total. The Morgan fingerprint density at radius 3 is 2.16 bits per heavy atom. The third-order valence-corrected chi connectivity index (χ3v) is 5.24. The molecule has 1 N–H and O–H groups in total. The minimum absolute atomic E-state index is 0.154. The molecule has 4 rings (SSSR count). The predicted octanol–water partition coefficient (Wildman–Crippen LogP) is 5.30. The second-order valence-electron chi connectivity index (χ2n) is 7.19. The van der Waals surface area contributed by atoms with Crippen LogP contribution in [0.2, 0.25) is 5.15 Å². The highest BCUT2D eigenvalue weighted by Crippen LogP contribution is 2.26. The summed E-state index contributed by atoms with van der Waals surface area (Å²) < 4.78 is 6.81. The molecule has 1 aromatic heterocycles. The van der Waals surface area contributed by atoms with Gasteiger partial charge >= 0.3 is 6.09 Å². The molecule has 0 saturated heterocycles. The number of ether oxygens (including phenoxy) is 1. The van der Waals surface area contributed by atoms with Crippen LogP contribution in [0.5, 0.6) is 5.75 Å². The first-order valence-corrected chi connectivity index (χ1v) is 10.3. The minimum atomic E-state index is -1.19. The molecule has 0 radical (unpaired) electrons. The fourth-order valence-corrected chi connectivity index (χ4v) is 3.72. The Kier molecular flexibility index (Phi) is 6.50. The lowest BCUT2D eigenvalue weighted by Crippen LogP contribution is -2.27. The molecule has 0 atom stereocenters. The maximum Gasteiger partial charge on any atom is 0.432 e. The molecule has 0 spiro atoms. The van der Waals surface area contributed by atoms with Crippen LogP contribution in [0.1, 0.15) is 11.1 Å². The highest BCUT2D eigenvalue weighted by Gasteiger charge is 2.14. The summed E-state index contributed by atoms with van der Waals surface area (Å²) in [4.78, 5) is 13.7. The monoisotopic (exact) mass is 435 g/mol. The van der Waals surface area contributed by atoms with Crippen LogP contribution in [-0.4, -0.2) is 39.0 Å². The van der Waals surface area contributed by atoms with Crippen molar-refractivity contribution >= 4 is 28.6 Å². The molecule has 0 bridgehead atoms. The summed E-state index contributed by atoms with van der Waals surface area (Å²) in [7, 11) is 0. The van der Waals surface area contributed by atoms with Crippen LogP contribution < -0.4 is 4.74 Å². The van der Waals surface area contributed by atoms with Crippen molar-refractivity contribution in [3.8, 4) is 5.75 Å². The van der Waals surface area contributed by atoms with E-state index >= 15 is 0 Å². The lowest BCUT2D eigenvalue weighted by atomic mass is 10.1. The number of hydrogen-bond acceptors (Lipinski definition) is 4. The van der Waals surface area contributed by atoms with Crippen molar-refractivity contribution in [1.29, 1.82) is 0 Å². The van der Waals surface area contributed by atoms with E-state index in [4.69, 9.17) is 16.3 Å². The van der Waals surface area contributed by atoms with E-state index in [2.05, 4.69) is 34.3 Å². The van der Waals surface area contributed by atoms with Crippen molar-refractivity contribution in [1.82, 2.24) is 14.7 Å². The van der Waals surface area contributed by atoms with E-state index in [1.165, 1.54) is 11.1 Å². The van der Waals surface area contributed by atoms with Crippen molar-refractivity contribution in [3.63, 3.8) is 0 Å². The van der Waals surface area contributed by atoms with Gasteiger partial charge in [-0.1, -0.05) is 72.3 Å². The smallest absolute Gasteiger partial charge is 0.432 e. The van der Waals surface area contributed by atoms with Gasteiger partial charge in [-0.3, -0.25) is 4.90 Å². The Hall–Kier alpha value is -3.35. The quantitative estimate of drug-likeness (QED) is 0.407. The van der Waals surface area contributed by atoms with Gasteiger partial charge in [0.05, 0.1) is 5.52 Å². The normalized spacial score (nSPS) is 11.2.